The molecule has 0 N–H and O–H groups in total. The fourth-order valence-electron chi connectivity index (χ4n) is 1.34. The van der Waals surface area contributed by atoms with Crippen LogP contribution in [-0.2, 0) is 0 Å². The van der Waals surface area contributed by atoms with Crippen LogP contribution in [0.4, 0.5) is 0 Å². The molecule has 0 aromatic carbocycles. The van der Waals surface area contributed by atoms with Gasteiger partial charge in [0.25, 0.3) is 0 Å². The topological polar surface area (TPSA) is 0 Å². The smallest absolute Gasteiger partial charge is 0.0150 e. The number of hydrogen-bond acceptors (Lipinski definition) is 0. The third-order valence-corrected chi connectivity index (χ3v) is 2.89. The van der Waals surface area contributed by atoms with Crippen LogP contribution in [0.1, 0.15) is 13.3 Å². The van der Waals surface area contributed by atoms with Crippen molar-refractivity contribution in [1.29, 1.82) is 0 Å². The van der Waals surface area contributed by atoms with Crippen molar-refractivity contribution in [2.45, 2.75) is 13.3 Å². The van der Waals surface area contributed by atoms with Crippen LogP contribution in [0.2, 0.25) is 0 Å². The van der Waals surface area contributed by atoms with Gasteiger partial charge in [0.1, 0.15) is 0 Å². The lowest BCUT2D eigenvalue weighted by Gasteiger charge is -2.09. The predicted molar refractivity (Wildman–Crippen MR) is 59.0 cm³/mol. The molecular weight excluding hydrogens is 163 g/mol. The summed E-state index contributed by atoms with van der Waals surface area (Å²) in [4.78, 5) is 0. The van der Waals surface area contributed by atoms with Crippen LogP contribution < -0.4 is 0 Å². The Bertz CT molecular complexity index is 279. The summed E-state index contributed by atoms with van der Waals surface area (Å²) in [5.74, 6) is 0. The molecule has 0 aliphatic heterocycles. The van der Waals surface area contributed by atoms with Gasteiger partial charge >= 0.3 is 0 Å². The molecule has 1 aliphatic rings. The Balaban J connectivity index is 2.87. The van der Waals surface area contributed by atoms with Crippen molar-refractivity contribution in [3.63, 3.8) is 0 Å². The average Bonchev–Trinajstić information content (AvgIpc) is 2.50. The van der Waals surface area contributed by atoms with Gasteiger partial charge in [-0.15, -0.1) is 0 Å². The van der Waals surface area contributed by atoms with Gasteiger partial charge in [0, 0.05) is 0 Å². The number of allylic oxidation sites excluding steroid dienone is 6. The minimum absolute atomic E-state index is 0.800. The van der Waals surface area contributed by atoms with E-state index in [2.05, 4.69) is 38.9 Å². The zero-order chi connectivity index (χ0) is 9.14. The van der Waals surface area contributed by atoms with Crippen molar-refractivity contribution in [3.05, 3.63) is 47.3 Å². The molecule has 0 aromatic rings. The second-order valence-electron chi connectivity index (χ2n) is 2.98. The molecular formula is C11H15P. The summed E-state index contributed by atoms with van der Waals surface area (Å²) in [6, 6.07) is 0. The first-order chi connectivity index (χ1) is 5.66. The van der Waals surface area contributed by atoms with E-state index in [-0.39, 0.29) is 0 Å². The van der Waals surface area contributed by atoms with Crippen molar-refractivity contribution in [1.82, 2.24) is 0 Å². The van der Waals surface area contributed by atoms with Gasteiger partial charge in [0.15, 0.2) is 0 Å². The molecule has 12 heavy (non-hydrogen) atoms. The molecule has 1 rings (SSSR count). The molecule has 0 nitrogen and oxygen atoms in total. The van der Waals surface area contributed by atoms with E-state index < -0.39 is 0 Å². The van der Waals surface area contributed by atoms with E-state index in [1.54, 1.807) is 0 Å². The first kappa shape index (κ1) is 9.48. The summed E-state index contributed by atoms with van der Waals surface area (Å²) in [6.45, 7) is 12.2. The zero-order valence-electron chi connectivity index (χ0n) is 7.78. The van der Waals surface area contributed by atoms with Crippen LogP contribution in [0.25, 0.3) is 0 Å². The first-order valence-electron chi connectivity index (χ1n) is 4.10. The van der Waals surface area contributed by atoms with Crippen molar-refractivity contribution in [3.8, 4) is 0 Å². The van der Waals surface area contributed by atoms with E-state index in [4.69, 9.17) is 0 Å². The Morgan fingerprint density at radius 1 is 1.33 bits per heavy atom. The molecule has 1 unspecified atom stereocenters. The maximum atomic E-state index is 4.05. The van der Waals surface area contributed by atoms with Gasteiger partial charge in [-0.3, -0.25) is 0 Å². The molecule has 0 saturated heterocycles. The van der Waals surface area contributed by atoms with Gasteiger partial charge < -0.3 is 0 Å². The molecule has 0 fully saturated rings. The van der Waals surface area contributed by atoms with Gasteiger partial charge in [-0.2, -0.15) is 0 Å². The molecule has 0 spiro atoms. The first-order valence-corrected chi connectivity index (χ1v) is 5.60. The number of rotatable bonds is 3. The van der Waals surface area contributed by atoms with Gasteiger partial charge in [-0.25, -0.2) is 0 Å². The Kier molecular flexibility index (Phi) is 3.05. The highest BCUT2D eigenvalue weighted by atomic mass is 31.1. The third-order valence-electron chi connectivity index (χ3n) is 2.02. The average molecular weight is 178 g/mol. The van der Waals surface area contributed by atoms with Crippen LogP contribution >= 0.6 is 8.58 Å². The van der Waals surface area contributed by atoms with Crippen LogP contribution in [0.15, 0.2) is 47.3 Å². The Labute approximate surface area is 76.5 Å². The number of hydrogen-bond donors (Lipinski definition) is 0. The van der Waals surface area contributed by atoms with E-state index in [0.29, 0.717) is 0 Å². The molecule has 1 aliphatic carbocycles. The minimum atomic E-state index is 0.800. The summed E-state index contributed by atoms with van der Waals surface area (Å²) in [6.07, 6.45) is 5.51. The second kappa shape index (κ2) is 3.87. The van der Waals surface area contributed by atoms with Crippen LogP contribution in [0.3, 0.4) is 0 Å². The van der Waals surface area contributed by atoms with Gasteiger partial charge in [0.2, 0.25) is 0 Å². The van der Waals surface area contributed by atoms with Crippen molar-refractivity contribution < 1.29 is 0 Å². The summed E-state index contributed by atoms with van der Waals surface area (Å²) < 4.78 is 0. The fourth-order valence-corrected chi connectivity index (χ4v) is 1.85. The van der Waals surface area contributed by atoms with Gasteiger partial charge in [-0.05, 0) is 36.5 Å². The minimum Gasteiger partial charge on any atom is -0.0955 e. The summed E-state index contributed by atoms with van der Waals surface area (Å²) in [5, 5.41) is 1.25. The maximum Gasteiger partial charge on any atom is -0.0150 e. The SMILES string of the molecule is C=C(C)C1=CCC=C1C(=C)PC. The van der Waals surface area contributed by atoms with Crippen LogP contribution in [0, 0.1) is 0 Å². The lowest BCUT2D eigenvalue weighted by Crippen LogP contribution is -1.87. The Hall–Kier alpha value is -0.610. The van der Waals surface area contributed by atoms with E-state index in [1.807, 2.05) is 0 Å². The fraction of sp³-hybridized carbons (Fsp3) is 0.273. The third kappa shape index (κ3) is 1.76. The normalized spacial score (nSPS) is 16.5. The van der Waals surface area contributed by atoms with Gasteiger partial charge in [0.05, 0.1) is 0 Å². The lowest BCUT2D eigenvalue weighted by molar-refractivity contribution is 1.40. The standard InChI is InChI=1S/C11H15P/c1-8(2)10-6-5-7-11(10)9(3)12-4/h6-7,12H,1,3,5H2,2,4H3. The molecule has 0 saturated carbocycles. The van der Waals surface area contributed by atoms with E-state index >= 15 is 0 Å². The summed E-state index contributed by atoms with van der Waals surface area (Å²) in [7, 11) is 0.800. The second-order valence-corrected chi connectivity index (χ2v) is 4.08. The molecule has 1 atom stereocenters. The Morgan fingerprint density at radius 2 is 1.92 bits per heavy atom. The van der Waals surface area contributed by atoms with Crippen molar-refractivity contribution in [2.75, 3.05) is 6.66 Å². The largest absolute Gasteiger partial charge is 0.0955 e. The monoisotopic (exact) mass is 178 g/mol. The van der Waals surface area contributed by atoms with E-state index in [0.717, 1.165) is 20.6 Å². The highest BCUT2D eigenvalue weighted by Gasteiger charge is 2.11. The summed E-state index contributed by atoms with van der Waals surface area (Å²) >= 11 is 0. The van der Waals surface area contributed by atoms with Crippen LogP contribution in [-0.4, -0.2) is 6.66 Å². The zero-order valence-corrected chi connectivity index (χ0v) is 8.78. The lowest BCUT2D eigenvalue weighted by atomic mass is 10.0. The Morgan fingerprint density at radius 3 is 2.42 bits per heavy atom. The molecule has 0 amide bonds. The van der Waals surface area contributed by atoms with E-state index in [1.165, 1.54) is 16.5 Å². The molecule has 1 heteroatoms. The molecule has 0 bridgehead atoms. The summed E-state index contributed by atoms with van der Waals surface area (Å²) in [5.41, 5.74) is 3.77. The molecule has 64 valence electrons. The highest BCUT2D eigenvalue weighted by molar-refractivity contribution is 7.42. The molecule has 0 radical (unpaired) electrons. The van der Waals surface area contributed by atoms with Crippen molar-refractivity contribution in [2.24, 2.45) is 0 Å². The van der Waals surface area contributed by atoms with Crippen molar-refractivity contribution >= 4 is 8.58 Å². The van der Waals surface area contributed by atoms with Gasteiger partial charge in [-0.1, -0.05) is 39.5 Å². The molecule has 0 heterocycles. The predicted octanol–water partition coefficient (Wildman–Crippen LogP) is 3.64. The van der Waals surface area contributed by atoms with E-state index in [9.17, 15) is 0 Å². The quantitative estimate of drug-likeness (QED) is 0.579. The highest BCUT2D eigenvalue weighted by Crippen LogP contribution is 2.36. The van der Waals surface area contributed by atoms with Crippen LogP contribution in [0.5, 0.6) is 0 Å². The molecule has 0 aromatic heterocycles. The maximum absolute atomic E-state index is 4.05.